The summed E-state index contributed by atoms with van der Waals surface area (Å²) in [5.41, 5.74) is 4.00. The Bertz CT molecular complexity index is 407. The lowest BCUT2D eigenvalue weighted by Crippen LogP contribution is -2.15. The van der Waals surface area contributed by atoms with E-state index in [2.05, 4.69) is 25.1 Å². The molecule has 0 spiro atoms. The minimum Gasteiger partial charge on any atom is -0.457 e. The topological polar surface area (TPSA) is 13.1 Å². The van der Waals surface area contributed by atoms with Gasteiger partial charge in [-0.25, -0.2) is 0 Å². The van der Waals surface area contributed by atoms with Crippen molar-refractivity contribution in [1.29, 1.82) is 0 Å². The molecule has 13 heavy (non-hydrogen) atoms. The van der Waals surface area contributed by atoms with Crippen molar-refractivity contribution >= 4 is 11.2 Å². The molecule has 0 unspecified atom stereocenters. The Balaban J connectivity index is 2.12. The Labute approximate surface area is 78.1 Å². The second kappa shape index (κ2) is 2.28. The predicted molar refractivity (Wildman–Crippen MR) is 53.2 cm³/mol. The molecule has 2 aromatic heterocycles. The molecule has 1 saturated carbocycles. The van der Waals surface area contributed by atoms with Gasteiger partial charge in [-0.15, -0.1) is 0 Å². The third kappa shape index (κ3) is 0.932. The summed E-state index contributed by atoms with van der Waals surface area (Å²) < 4.78 is 5.59. The zero-order valence-corrected chi connectivity index (χ0v) is 7.97. The van der Waals surface area contributed by atoms with E-state index in [-0.39, 0.29) is 0 Å². The van der Waals surface area contributed by atoms with E-state index in [4.69, 9.17) is 4.42 Å². The van der Waals surface area contributed by atoms with Crippen LogP contribution in [0, 0.1) is 0 Å². The van der Waals surface area contributed by atoms with E-state index in [1.165, 1.54) is 31.2 Å². The number of hydrogen-bond donors (Lipinski definition) is 0. The molecule has 3 rings (SSSR count). The second-order valence-corrected chi connectivity index (χ2v) is 4.53. The Morgan fingerprint density at radius 3 is 2.54 bits per heavy atom. The van der Waals surface area contributed by atoms with Crippen LogP contribution in [0.15, 0.2) is 22.6 Å². The van der Waals surface area contributed by atoms with Gasteiger partial charge in [-0.3, -0.25) is 0 Å². The van der Waals surface area contributed by atoms with Gasteiger partial charge in [0, 0.05) is 5.56 Å². The molecule has 68 valence electrons. The summed E-state index contributed by atoms with van der Waals surface area (Å²) >= 11 is 0. The smallest absolute Gasteiger partial charge is 0.131 e. The Morgan fingerprint density at radius 1 is 1.23 bits per heavy atom. The van der Waals surface area contributed by atoms with E-state index in [1.54, 1.807) is 0 Å². The van der Waals surface area contributed by atoms with Crippen LogP contribution in [-0.4, -0.2) is 0 Å². The summed E-state index contributed by atoms with van der Waals surface area (Å²) in [6.07, 6.45) is 5.40. The minimum absolute atomic E-state index is 0.405. The fourth-order valence-electron chi connectivity index (χ4n) is 2.68. The highest BCUT2D eigenvalue weighted by atomic mass is 16.3. The van der Waals surface area contributed by atoms with Crippen LogP contribution in [0.2, 0.25) is 0 Å². The first-order valence-electron chi connectivity index (χ1n) is 5.10. The highest BCUT2D eigenvalue weighted by Crippen LogP contribution is 2.44. The number of benzene rings is 1. The summed E-state index contributed by atoms with van der Waals surface area (Å²) in [6.45, 7) is 2.37. The fourth-order valence-corrected chi connectivity index (χ4v) is 2.68. The Morgan fingerprint density at radius 2 is 2.00 bits per heavy atom. The molecular formula is C12H14O. The van der Waals surface area contributed by atoms with E-state index < -0.39 is 0 Å². The first kappa shape index (κ1) is 7.43. The first-order valence-corrected chi connectivity index (χ1v) is 5.10. The second-order valence-electron chi connectivity index (χ2n) is 4.53. The maximum atomic E-state index is 5.59. The molecule has 2 aromatic rings. The maximum Gasteiger partial charge on any atom is 0.131 e. The van der Waals surface area contributed by atoms with Gasteiger partial charge in [0.05, 0.1) is 0 Å². The first-order chi connectivity index (χ1) is 6.28. The quantitative estimate of drug-likeness (QED) is 0.642. The van der Waals surface area contributed by atoms with E-state index in [0.29, 0.717) is 5.41 Å². The van der Waals surface area contributed by atoms with Gasteiger partial charge in [0.15, 0.2) is 0 Å². The number of hydrogen-bond acceptors (Lipinski definition) is 1. The highest BCUT2D eigenvalue weighted by molar-refractivity contribution is 5.67. The van der Waals surface area contributed by atoms with Crippen LogP contribution < -0.4 is 0 Å². The van der Waals surface area contributed by atoms with Crippen LogP contribution in [-0.2, 0) is 5.41 Å². The standard InChI is InChI=1S/C12H14O/c1-12(6-2-3-7-12)10-8-9-4-5-11(10)13-9/h4-5,8H,2-3,6-7H2,1H3. The minimum atomic E-state index is 0.405. The molecule has 0 N–H and O–H groups in total. The molecule has 0 aliphatic heterocycles. The van der Waals surface area contributed by atoms with Gasteiger partial charge in [-0.1, -0.05) is 19.8 Å². The number of furan rings is 2. The molecule has 2 bridgehead atoms. The van der Waals surface area contributed by atoms with E-state index in [1.807, 2.05) is 0 Å². The van der Waals surface area contributed by atoms with E-state index in [0.717, 1.165) is 11.2 Å². The van der Waals surface area contributed by atoms with Gasteiger partial charge < -0.3 is 4.42 Å². The highest BCUT2D eigenvalue weighted by Gasteiger charge is 2.33. The molecule has 1 aliphatic carbocycles. The van der Waals surface area contributed by atoms with Crippen molar-refractivity contribution in [2.45, 2.75) is 38.0 Å². The van der Waals surface area contributed by atoms with E-state index in [9.17, 15) is 0 Å². The molecular weight excluding hydrogens is 160 g/mol. The molecule has 1 fully saturated rings. The summed E-state index contributed by atoms with van der Waals surface area (Å²) in [6, 6.07) is 6.38. The number of fused-ring (bicyclic) bond motifs is 2. The van der Waals surface area contributed by atoms with Crippen LogP contribution in [0.25, 0.3) is 11.2 Å². The summed E-state index contributed by atoms with van der Waals surface area (Å²) in [5.74, 6) is 0. The average Bonchev–Trinajstić information content (AvgIpc) is 2.77. The third-order valence-electron chi connectivity index (χ3n) is 3.54. The molecule has 0 amide bonds. The van der Waals surface area contributed by atoms with Crippen LogP contribution in [0.5, 0.6) is 0 Å². The molecule has 0 aromatic carbocycles. The van der Waals surface area contributed by atoms with E-state index >= 15 is 0 Å². The lowest BCUT2D eigenvalue weighted by molar-refractivity contribution is 0.492. The predicted octanol–water partition coefficient (Wildman–Crippen LogP) is 3.70. The monoisotopic (exact) mass is 174 g/mol. The number of rotatable bonds is 1. The van der Waals surface area contributed by atoms with Crippen molar-refractivity contribution in [3.05, 3.63) is 23.8 Å². The summed E-state index contributed by atoms with van der Waals surface area (Å²) in [4.78, 5) is 0. The fraction of sp³-hybridized carbons (Fsp3) is 0.500. The Kier molecular flexibility index (Phi) is 1.30. The zero-order chi connectivity index (χ0) is 8.89. The Hall–Kier alpha value is -0.980. The van der Waals surface area contributed by atoms with Crippen molar-refractivity contribution in [2.24, 2.45) is 0 Å². The lowest BCUT2D eigenvalue weighted by atomic mass is 9.81. The summed E-state index contributed by atoms with van der Waals surface area (Å²) in [7, 11) is 0. The van der Waals surface area contributed by atoms with Crippen molar-refractivity contribution < 1.29 is 4.42 Å². The average molecular weight is 174 g/mol. The van der Waals surface area contributed by atoms with Gasteiger partial charge in [0.25, 0.3) is 0 Å². The molecule has 2 heterocycles. The van der Waals surface area contributed by atoms with Gasteiger partial charge in [-0.2, -0.15) is 0 Å². The third-order valence-corrected chi connectivity index (χ3v) is 3.54. The molecule has 0 radical (unpaired) electrons. The lowest BCUT2D eigenvalue weighted by Gasteiger charge is -2.22. The van der Waals surface area contributed by atoms with Crippen molar-refractivity contribution in [1.82, 2.24) is 0 Å². The molecule has 1 heteroatoms. The molecule has 0 atom stereocenters. The van der Waals surface area contributed by atoms with Crippen molar-refractivity contribution in [3.8, 4) is 0 Å². The van der Waals surface area contributed by atoms with Crippen LogP contribution in [0.3, 0.4) is 0 Å². The van der Waals surface area contributed by atoms with Crippen LogP contribution in [0.1, 0.15) is 38.2 Å². The van der Waals surface area contributed by atoms with Crippen LogP contribution >= 0.6 is 0 Å². The molecule has 1 nitrogen and oxygen atoms in total. The van der Waals surface area contributed by atoms with Gasteiger partial charge >= 0.3 is 0 Å². The summed E-state index contributed by atoms with van der Waals surface area (Å²) in [5, 5.41) is 0. The van der Waals surface area contributed by atoms with Crippen LogP contribution in [0.4, 0.5) is 0 Å². The SMILES string of the molecule is CC1(c2cc3ccc2o3)CCCC1. The van der Waals surface area contributed by atoms with Gasteiger partial charge in [-0.05, 0) is 36.5 Å². The maximum absolute atomic E-state index is 5.59. The molecule has 0 saturated heterocycles. The zero-order valence-electron chi connectivity index (χ0n) is 7.97. The van der Waals surface area contributed by atoms with Gasteiger partial charge in [0.1, 0.15) is 11.2 Å². The van der Waals surface area contributed by atoms with Gasteiger partial charge in [0.2, 0.25) is 0 Å². The van der Waals surface area contributed by atoms with Crippen molar-refractivity contribution in [2.75, 3.05) is 0 Å². The molecule has 1 aliphatic rings. The normalized spacial score (nSPS) is 21.6. The van der Waals surface area contributed by atoms with Crippen molar-refractivity contribution in [3.63, 3.8) is 0 Å². The largest absolute Gasteiger partial charge is 0.457 e.